The van der Waals surface area contributed by atoms with Gasteiger partial charge in [0.1, 0.15) is 7.85 Å². The lowest BCUT2D eigenvalue weighted by Gasteiger charge is -2.07. The van der Waals surface area contributed by atoms with Crippen molar-refractivity contribution in [1.82, 2.24) is 0 Å². The van der Waals surface area contributed by atoms with Crippen molar-refractivity contribution in [1.29, 1.82) is 0 Å². The van der Waals surface area contributed by atoms with Crippen molar-refractivity contribution in [3.63, 3.8) is 0 Å². The van der Waals surface area contributed by atoms with Crippen LogP contribution < -0.4 is 5.46 Å². The van der Waals surface area contributed by atoms with Crippen LogP contribution in [-0.2, 0) is 6.18 Å². The van der Waals surface area contributed by atoms with Gasteiger partial charge in [-0.05, 0) is 12.1 Å². The number of hydrogen-bond donors (Lipinski definition) is 0. The standard InChI is InChI=1S/C7H5BClF3/c8-5-1-4(7(10,11)12)2-6(9)3-5/h1-3H,8H2. The summed E-state index contributed by atoms with van der Waals surface area (Å²) in [5, 5.41) is 0.113. The number of benzene rings is 1. The lowest BCUT2D eigenvalue weighted by atomic mass is 9.94. The van der Waals surface area contributed by atoms with Gasteiger partial charge in [0, 0.05) is 5.02 Å². The van der Waals surface area contributed by atoms with E-state index in [-0.39, 0.29) is 5.02 Å². The van der Waals surface area contributed by atoms with E-state index in [4.69, 9.17) is 11.6 Å². The largest absolute Gasteiger partial charge is 0.416 e. The van der Waals surface area contributed by atoms with Crippen LogP contribution in [0.4, 0.5) is 13.2 Å². The second kappa shape index (κ2) is 3.01. The van der Waals surface area contributed by atoms with E-state index in [0.29, 0.717) is 5.46 Å². The number of hydrogen-bond acceptors (Lipinski definition) is 0. The average Bonchev–Trinajstić information content (AvgIpc) is 1.82. The normalized spacial score (nSPS) is 11.7. The molecule has 0 N–H and O–H groups in total. The minimum absolute atomic E-state index is 0.113. The number of halogens is 4. The van der Waals surface area contributed by atoms with Gasteiger partial charge < -0.3 is 0 Å². The molecule has 0 nitrogen and oxygen atoms in total. The van der Waals surface area contributed by atoms with Crippen LogP contribution in [0.5, 0.6) is 0 Å². The fourth-order valence-corrected chi connectivity index (χ4v) is 1.19. The van der Waals surface area contributed by atoms with Gasteiger partial charge in [-0.25, -0.2) is 0 Å². The summed E-state index contributed by atoms with van der Waals surface area (Å²) in [6.07, 6.45) is -4.31. The van der Waals surface area contributed by atoms with Crippen LogP contribution in [0.3, 0.4) is 0 Å². The predicted octanol–water partition coefficient (Wildman–Crippen LogP) is 1.62. The van der Waals surface area contributed by atoms with Gasteiger partial charge in [0.2, 0.25) is 0 Å². The zero-order valence-electron chi connectivity index (χ0n) is 6.24. The monoisotopic (exact) mass is 192 g/mol. The maximum atomic E-state index is 12.1. The molecule has 0 aliphatic rings. The molecule has 64 valence electrons. The maximum Gasteiger partial charge on any atom is 0.416 e. The topological polar surface area (TPSA) is 0 Å². The molecule has 0 fully saturated rings. The fourth-order valence-electron chi connectivity index (χ4n) is 0.900. The minimum Gasteiger partial charge on any atom is -0.166 e. The molecule has 0 radical (unpaired) electrons. The fraction of sp³-hybridized carbons (Fsp3) is 0.143. The summed E-state index contributed by atoms with van der Waals surface area (Å²) in [4.78, 5) is 0. The molecule has 0 aliphatic carbocycles. The van der Waals surface area contributed by atoms with Crippen molar-refractivity contribution in [2.24, 2.45) is 0 Å². The molecule has 5 heteroatoms. The summed E-state index contributed by atoms with van der Waals surface area (Å²) in [6, 6.07) is 3.46. The Hall–Kier alpha value is -0.635. The van der Waals surface area contributed by atoms with Gasteiger partial charge >= 0.3 is 6.18 Å². The SMILES string of the molecule is Bc1cc(Cl)cc(C(F)(F)F)c1. The third kappa shape index (κ3) is 2.17. The summed E-state index contributed by atoms with van der Waals surface area (Å²) in [5.74, 6) is 0. The van der Waals surface area contributed by atoms with Crippen molar-refractivity contribution < 1.29 is 13.2 Å². The van der Waals surface area contributed by atoms with Crippen LogP contribution in [0.15, 0.2) is 18.2 Å². The first kappa shape index (κ1) is 9.45. The number of alkyl halides is 3. The van der Waals surface area contributed by atoms with Gasteiger partial charge in [-0.15, -0.1) is 0 Å². The van der Waals surface area contributed by atoms with Crippen LogP contribution in [-0.4, -0.2) is 7.85 Å². The van der Waals surface area contributed by atoms with E-state index in [1.807, 2.05) is 0 Å². The van der Waals surface area contributed by atoms with Crippen molar-refractivity contribution in [3.8, 4) is 0 Å². The van der Waals surface area contributed by atoms with E-state index < -0.39 is 11.7 Å². The summed E-state index contributed by atoms with van der Waals surface area (Å²) in [5.41, 5.74) is -0.192. The number of rotatable bonds is 0. The van der Waals surface area contributed by atoms with E-state index in [9.17, 15) is 13.2 Å². The van der Waals surface area contributed by atoms with Crippen molar-refractivity contribution in [2.45, 2.75) is 6.18 Å². The third-order valence-electron chi connectivity index (χ3n) is 1.37. The summed E-state index contributed by atoms with van der Waals surface area (Å²) >= 11 is 5.46. The zero-order valence-corrected chi connectivity index (χ0v) is 7.00. The van der Waals surface area contributed by atoms with Crippen LogP contribution in [0, 0.1) is 0 Å². The van der Waals surface area contributed by atoms with Gasteiger partial charge in [-0.2, -0.15) is 13.2 Å². The molecule has 0 saturated carbocycles. The highest BCUT2D eigenvalue weighted by Gasteiger charge is 2.30. The second-order valence-electron chi connectivity index (χ2n) is 2.52. The van der Waals surface area contributed by atoms with E-state index >= 15 is 0 Å². The zero-order chi connectivity index (χ0) is 9.35. The van der Waals surface area contributed by atoms with Gasteiger partial charge in [0.25, 0.3) is 0 Å². The highest BCUT2D eigenvalue weighted by Crippen LogP contribution is 2.29. The summed E-state index contributed by atoms with van der Waals surface area (Å²) in [7, 11) is 1.57. The van der Waals surface area contributed by atoms with Crippen LogP contribution in [0.1, 0.15) is 5.56 Å². The van der Waals surface area contributed by atoms with Gasteiger partial charge in [0.15, 0.2) is 0 Å². The molecule has 0 spiro atoms. The Kier molecular flexibility index (Phi) is 2.37. The Morgan fingerprint density at radius 3 is 2.17 bits per heavy atom. The van der Waals surface area contributed by atoms with Crippen LogP contribution in [0.25, 0.3) is 0 Å². The van der Waals surface area contributed by atoms with Gasteiger partial charge in [0.05, 0.1) is 5.56 Å². The molecule has 0 saturated heterocycles. The van der Waals surface area contributed by atoms with Crippen LogP contribution >= 0.6 is 11.6 Å². The third-order valence-corrected chi connectivity index (χ3v) is 1.59. The molecule has 0 bridgehead atoms. The Labute approximate surface area is 73.7 Å². The van der Waals surface area contributed by atoms with E-state index in [1.165, 1.54) is 6.07 Å². The summed E-state index contributed by atoms with van der Waals surface area (Å²) < 4.78 is 36.3. The van der Waals surface area contributed by atoms with Crippen molar-refractivity contribution >= 4 is 24.9 Å². The Balaban J connectivity index is 3.18. The van der Waals surface area contributed by atoms with Gasteiger partial charge in [-0.1, -0.05) is 23.1 Å². The molecular weight excluding hydrogens is 187 g/mol. The molecule has 0 aliphatic heterocycles. The Morgan fingerprint density at radius 2 is 1.75 bits per heavy atom. The maximum absolute atomic E-state index is 12.1. The molecule has 1 aromatic carbocycles. The van der Waals surface area contributed by atoms with E-state index in [0.717, 1.165) is 12.1 Å². The lowest BCUT2D eigenvalue weighted by Crippen LogP contribution is -2.11. The van der Waals surface area contributed by atoms with Crippen LogP contribution in [0.2, 0.25) is 5.02 Å². The quantitative estimate of drug-likeness (QED) is 0.548. The molecule has 0 heterocycles. The molecule has 0 aromatic heterocycles. The minimum atomic E-state index is -4.31. The Morgan fingerprint density at radius 1 is 1.17 bits per heavy atom. The second-order valence-corrected chi connectivity index (χ2v) is 2.95. The van der Waals surface area contributed by atoms with Gasteiger partial charge in [-0.3, -0.25) is 0 Å². The predicted molar refractivity (Wildman–Crippen MR) is 44.6 cm³/mol. The van der Waals surface area contributed by atoms with E-state index in [1.54, 1.807) is 7.85 Å². The molecule has 0 amide bonds. The molecule has 0 unspecified atom stereocenters. The Bertz CT molecular complexity index is 275. The first-order valence-corrected chi connectivity index (χ1v) is 3.62. The molecule has 1 aromatic rings. The van der Waals surface area contributed by atoms with Crippen molar-refractivity contribution in [3.05, 3.63) is 28.8 Å². The van der Waals surface area contributed by atoms with E-state index in [2.05, 4.69) is 0 Å². The first-order valence-electron chi connectivity index (χ1n) is 3.24. The average molecular weight is 192 g/mol. The molecule has 12 heavy (non-hydrogen) atoms. The van der Waals surface area contributed by atoms with Crippen molar-refractivity contribution in [2.75, 3.05) is 0 Å². The highest BCUT2D eigenvalue weighted by atomic mass is 35.5. The lowest BCUT2D eigenvalue weighted by molar-refractivity contribution is -0.137. The molecule has 0 atom stereocenters. The molecule has 1 rings (SSSR count). The summed E-state index contributed by atoms with van der Waals surface area (Å²) in [6.45, 7) is 0. The molecular formula is C7H5BClF3. The first-order chi connectivity index (χ1) is 5.39. The smallest absolute Gasteiger partial charge is 0.166 e. The highest BCUT2D eigenvalue weighted by molar-refractivity contribution is 6.36.